The van der Waals surface area contributed by atoms with E-state index in [4.69, 9.17) is 9.47 Å². The minimum atomic E-state index is -0.393. The number of amides is 3. The zero-order valence-electron chi connectivity index (χ0n) is 17.3. The van der Waals surface area contributed by atoms with Gasteiger partial charge in [-0.05, 0) is 65.5 Å². The summed E-state index contributed by atoms with van der Waals surface area (Å²) in [6.07, 6.45) is 2.35. The lowest BCUT2D eigenvalue weighted by molar-refractivity contribution is -0.122. The normalized spacial score (nSPS) is 14.9. The first-order valence-corrected chi connectivity index (χ1v) is 10.7. The summed E-state index contributed by atoms with van der Waals surface area (Å²) in [6.45, 7) is 7.12. The Morgan fingerprint density at radius 1 is 1.13 bits per heavy atom. The Kier molecular flexibility index (Phi) is 7.15. The van der Waals surface area contributed by atoms with Gasteiger partial charge < -0.3 is 14.8 Å². The van der Waals surface area contributed by atoms with Crippen LogP contribution in [0.4, 0.5) is 4.79 Å². The Balaban J connectivity index is 1.86. The van der Waals surface area contributed by atoms with Crippen molar-refractivity contribution in [1.29, 1.82) is 0 Å². The maximum atomic E-state index is 12.5. The molecule has 3 rings (SSSR count). The molecule has 6 nitrogen and oxygen atoms in total. The number of halogens is 1. The SMILES string of the molecule is CCCN1C(=O)N/C(=C/c2cc(Br)c(OCc3cccc(C)c3)c(OCC)c2)C1=O. The highest BCUT2D eigenvalue weighted by atomic mass is 79.9. The van der Waals surface area contributed by atoms with E-state index in [0.717, 1.165) is 11.1 Å². The molecule has 0 radical (unpaired) electrons. The number of imide groups is 1. The number of hydrogen-bond acceptors (Lipinski definition) is 4. The number of nitrogens with one attached hydrogen (secondary N) is 1. The number of rotatable bonds is 8. The highest BCUT2D eigenvalue weighted by Crippen LogP contribution is 2.38. The average Bonchev–Trinajstić information content (AvgIpc) is 2.95. The molecule has 1 saturated heterocycles. The summed E-state index contributed by atoms with van der Waals surface area (Å²) in [6, 6.07) is 11.4. The quantitative estimate of drug-likeness (QED) is 0.431. The molecule has 0 atom stereocenters. The number of carbonyl (C=O) groups excluding carboxylic acids is 2. The molecule has 158 valence electrons. The van der Waals surface area contributed by atoms with E-state index in [1.165, 1.54) is 10.5 Å². The van der Waals surface area contributed by atoms with Crippen molar-refractivity contribution in [2.45, 2.75) is 33.8 Å². The Morgan fingerprint density at radius 3 is 2.63 bits per heavy atom. The fourth-order valence-corrected chi connectivity index (χ4v) is 3.77. The van der Waals surface area contributed by atoms with Gasteiger partial charge in [-0.3, -0.25) is 9.69 Å². The summed E-state index contributed by atoms with van der Waals surface area (Å²) in [7, 11) is 0. The van der Waals surface area contributed by atoms with Crippen molar-refractivity contribution in [2.24, 2.45) is 0 Å². The van der Waals surface area contributed by atoms with Crippen LogP contribution in [0.2, 0.25) is 0 Å². The van der Waals surface area contributed by atoms with E-state index in [-0.39, 0.29) is 11.6 Å². The number of urea groups is 1. The van der Waals surface area contributed by atoms with Crippen molar-refractivity contribution < 1.29 is 19.1 Å². The third kappa shape index (κ3) is 5.02. The number of hydrogen-bond donors (Lipinski definition) is 1. The van der Waals surface area contributed by atoms with Crippen LogP contribution in [0.5, 0.6) is 11.5 Å². The fourth-order valence-electron chi connectivity index (χ4n) is 3.20. The largest absolute Gasteiger partial charge is 0.490 e. The van der Waals surface area contributed by atoms with Crippen molar-refractivity contribution in [1.82, 2.24) is 10.2 Å². The first-order valence-electron chi connectivity index (χ1n) is 9.92. The number of nitrogens with zero attached hydrogens (tertiary/aromatic N) is 1. The van der Waals surface area contributed by atoms with Gasteiger partial charge >= 0.3 is 6.03 Å². The maximum Gasteiger partial charge on any atom is 0.329 e. The van der Waals surface area contributed by atoms with Crippen LogP contribution < -0.4 is 14.8 Å². The molecule has 0 bridgehead atoms. The van der Waals surface area contributed by atoms with Crippen LogP contribution in [-0.2, 0) is 11.4 Å². The summed E-state index contributed by atoms with van der Waals surface area (Å²) in [5.41, 5.74) is 3.19. The molecule has 0 unspecified atom stereocenters. The van der Waals surface area contributed by atoms with Gasteiger partial charge in [-0.15, -0.1) is 0 Å². The first kappa shape index (κ1) is 21.9. The number of ether oxygens (including phenoxy) is 2. The van der Waals surface area contributed by atoms with Crippen LogP contribution in [0.25, 0.3) is 6.08 Å². The second-order valence-electron chi connectivity index (χ2n) is 6.99. The van der Waals surface area contributed by atoms with Crippen molar-refractivity contribution in [3.8, 4) is 11.5 Å². The molecule has 0 aromatic heterocycles. The van der Waals surface area contributed by atoms with Crippen LogP contribution in [-0.4, -0.2) is 30.0 Å². The molecule has 7 heteroatoms. The zero-order chi connectivity index (χ0) is 21.7. The molecular formula is C23H25BrN2O4. The highest BCUT2D eigenvalue weighted by molar-refractivity contribution is 9.10. The van der Waals surface area contributed by atoms with Crippen LogP contribution in [0.3, 0.4) is 0 Å². The average molecular weight is 473 g/mol. The lowest BCUT2D eigenvalue weighted by Gasteiger charge is -2.15. The molecule has 0 aliphatic carbocycles. The van der Waals surface area contributed by atoms with E-state index in [0.29, 0.717) is 42.2 Å². The molecule has 1 heterocycles. The predicted molar refractivity (Wildman–Crippen MR) is 119 cm³/mol. The van der Waals surface area contributed by atoms with Crippen LogP contribution in [0.1, 0.15) is 37.0 Å². The third-order valence-electron chi connectivity index (χ3n) is 4.52. The third-order valence-corrected chi connectivity index (χ3v) is 5.11. The van der Waals surface area contributed by atoms with Crippen molar-refractivity contribution in [3.63, 3.8) is 0 Å². The Hall–Kier alpha value is -2.80. The minimum absolute atomic E-state index is 0.247. The second kappa shape index (κ2) is 9.80. The van der Waals surface area contributed by atoms with Gasteiger partial charge in [-0.2, -0.15) is 0 Å². The van der Waals surface area contributed by atoms with Gasteiger partial charge in [0.15, 0.2) is 11.5 Å². The Labute approximate surface area is 185 Å². The Morgan fingerprint density at radius 2 is 1.93 bits per heavy atom. The van der Waals surface area contributed by atoms with Crippen molar-refractivity contribution >= 4 is 33.9 Å². The molecule has 2 aromatic rings. The van der Waals surface area contributed by atoms with Gasteiger partial charge in [-0.25, -0.2) is 4.79 Å². The van der Waals surface area contributed by atoms with Gasteiger partial charge in [-0.1, -0.05) is 36.8 Å². The van der Waals surface area contributed by atoms with Crippen LogP contribution >= 0.6 is 15.9 Å². The first-order chi connectivity index (χ1) is 14.4. The number of carbonyl (C=O) groups is 2. The van der Waals surface area contributed by atoms with Gasteiger partial charge in [0.1, 0.15) is 12.3 Å². The van der Waals surface area contributed by atoms with Gasteiger partial charge in [0, 0.05) is 6.54 Å². The Bertz CT molecular complexity index is 987. The lowest BCUT2D eigenvalue weighted by Crippen LogP contribution is -2.31. The van der Waals surface area contributed by atoms with Crippen molar-refractivity contribution in [3.05, 3.63) is 63.3 Å². The summed E-state index contributed by atoms with van der Waals surface area (Å²) >= 11 is 3.55. The molecule has 30 heavy (non-hydrogen) atoms. The van der Waals surface area contributed by atoms with Gasteiger partial charge in [0.05, 0.1) is 11.1 Å². The fraction of sp³-hybridized carbons (Fsp3) is 0.304. The summed E-state index contributed by atoms with van der Waals surface area (Å²) in [4.78, 5) is 25.7. The number of aryl methyl sites for hydroxylation is 1. The van der Waals surface area contributed by atoms with E-state index in [1.54, 1.807) is 12.1 Å². The molecule has 0 saturated carbocycles. The molecule has 1 N–H and O–H groups in total. The van der Waals surface area contributed by atoms with E-state index >= 15 is 0 Å². The summed E-state index contributed by atoms with van der Waals surface area (Å²) in [5.74, 6) is 0.833. The summed E-state index contributed by atoms with van der Waals surface area (Å²) in [5, 5.41) is 2.64. The molecule has 0 spiro atoms. The molecule has 2 aromatic carbocycles. The van der Waals surface area contributed by atoms with Gasteiger partial charge in [0.25, 0.3) is 5.91 Å². The monoisotopic (exact) mass is 472 g/mol. The van der Waals surface area contributed by atoms with E-state index < -0.39 is 6.03 Å². The summed E-state index contributed by atoms with van der Waals surface area (Å²) < 4.78 is 12.5. The number of benzene rings is 2. The van der Waals surface area contributed by atoms with E-state index in [2.05, 4.69) is 27.3 Å². The zero-order valence-corrected chi connectivity index (χ0v) is 18.9. The molecule has 1 aliphatic heterocycles. The molecule has 1 fully saturated rings. The topological polar surface area (TPSA) is 67.9 Å². The van der Waals surface area contributed by atoms with Crippen LogP contribution in [0, 0.1) is 6.92 Å². The van der Waals surface area contributed by atoms with Crippen LogP contribution in [0.15, 0.2) is 46.6 Å². The highest BCUT2D eigenvalue weighted by Gasteiger charge is 2.32. The van der Waals surface area contributed by atoms with E-state index in [1.807, 2.05) is 45.0 Å². The molecule has 3 amide bonds. The minimum Gasteiger partial charge on any atom is -0.490 e. The molecular weight excluding hydrogens is 448 g/mol. The van der Waals surface area contributed by atoms with E-state index in [9.17, 15) is 9.59 Å². The van der Waals surface area contributed by atoms with Gasteiger partial charge in [0.2, 0.25) is 0 Å². The standard InChI is InChI=1S/C23H25BrN2O4/c1-4-9-26-22(27)19(25-23(26)28)12-17-11-18(24)21(20(13-17)29-5-2)30-14-16-8-6-7-15(3)10-16/h6-8,10-13H,4-5,9,14H2,1-3H3,(H,25,28)/b19-12+. The maximum absolute atomic E-state index is 12.5. The van der Waals surface area contributed by atoms with Crippen molar-refractivity contribution in [2.75, 3.05) is 13.2 Å². The lowest BCUT2D eigenvalue weighted by atomic mass is 10.1. The smallest absolute Gasteiger partial charge is 0.329 e. The second-order valence-corrected chi connectivity index (χ2v) is 7.84. The molecule has 1 aliphatic rings. The predicted octanol–water partition coefficient (Wildman–Crippen LogP) is 5.04.